The van der Waals surface area contributed by atoms with Crippen molar-refractivity contribution in [3.05, 3.63) is 29.8 Å². The van der Waals surface area contributed by atoms with Crippen LogP contribution in [0.5, 0.6) is 5.75 Å². The number of hydrogen-bond donors (Lipinski definition) is 1. The molecule has 2 N–H and O–H groups in total. The van der Waals surface area contributed by atoms with Crippen LogP contribution in [-0.4, -0.2) is 31.1 Å². The van der Waals surface area contributed by atoms with Crippen molar-refractivity contribution in [3.8, 4) is 5.75 Å². The van der Waals surface area contributed by atoms with Gasteiger partial charge in [0.1, 0.15) is 5.75 Å². The van der Waals surface area contributed by atoms with Crippen LogP contribution in [0.1, 0.15) is 45.6 Å². The lowest BCUT2D eigenvalue weighted by molar-refractivity contribution is 0.104. The van der Waals surface area contributed by atoms with E-state index in [-0.39, 0.29) is 5.54 Å². The molecule has 118 valence electrons. The number of ether oxygens (including phenoxy) is 1. The van der Waals surface area contributed by atoms with Crippen LogP contribution in [0.15, 0.2) is 24.3 Å². The minimum absolute atomic E-state index is 0.340. The van der Waals surface area contributed by atoms with E-state index in [1.165, 1.54) is 31.5 Å². The molecule has 0 saturated carbocycles. The third-order valence-electron chi connectivity index (χ3n) is 5.04. The Balaban J connectivity index is 2.41. The summed E-state index contributed by atoms with van der Waals surface area (Å²) in [5.74, 6) is 1.26. The van der Waals surface area contributed by atoms with Gasteiger partial charge in [-0.05, 0) is 56.0 Å². The molecule has 1 fully saturated rings. The Hall–Kier alpha value is -1.06. The largest absolute Gasteiger partial charge is 0.497 e. The first-order chi connectivity index (χ1) is 10.0. The van der Waals surface area contributed by atoms with Crippen molar-refractivity contribution in [1.29, 1.82) is 0 Å². The second-order valence-corrected chi connectivity index (χ2v) is 6.49. The van der Waals surface area contributed by atoms with Gasteiger partial charge in [0.25, 0.3) is 0 Å². The van der Waals surface area contributed by atoms with Gasteiger partial charge in [0, 0.05) is 6.04 Å². The highest BCUT2D eigenvalue weighted by Crippen LogP contribution is 2.37. The maximum Gasteiger partial charge on any atom is 0.119 e. The van der Waals surface area contributed by atoms with Gasteiger partial charge in [0.05, 0.1) is 12.6 Å². The van der Waals surface area contributed by atoms with Gasteiger partial charge in [-0.3, -0.25) is 4.90 Å². The fourth-order valence-corrected chi connectivity index (χ4v) is 3.75. The van der Waals surface area contributed by atoms with E-state index < -0.39 is 0 Å². The van der Waals surface area contributed by atoms with Crippen LogP contribution >= 0.6 is 0 Å². The second-order valence-electron chi connectivity index (χ2n) is 6.49. The molecule has 1 saturated heterocycles. The normalized spacial score (nSPS) is 20.5. The fraction of sp³-hybridized carbons (Fsp3) is 0.667. The average molecular weight is 290 g/mol. The van der Waals surface area contributed by atoms with Gasteiger partial charge in [0.15, 0.2) is 0 Å². The molecule has 0 aromatic heterocycles. The minimum Gasteiger partial charge on any atom is -0.497 e. The van der Waals surface area contributed by atoms with E-state index in [9.17, 15) is 0 Å². The molecule has 21 heavy (non-hydrogen) atoms. The molecule has 1 aromatic rings. The number of nitrogens with two attached hydrogens (primary N) is 1. The number of hydrogen-bond acceptors (Lipinski definition) is 3. The van der Waals surface area contributed by atoms with Gasteiger partial charge in [-0.25, -0.2) is 0 Å². The van der Waals surface area contributed by atoms with E-state index in [2.05, 4.69) is 43.9 Å². The van der Waals surface area contributed by atoms with Gasteiger partial charge < -0.3 is 10.5 Å². The molecule has 0 aliphatic carbocycles. The molecule has 2 rings (SSSR count). The molecule has 0 bridgehead atoms. The van der Waals surface area contributed by atoms with Gasteiger partial charge in [0.2, 0.25) is 0 Å². The van der Waals surface area contributed by atoms with Crippen molar-refractivity contribution in [3.63, 3.8) is 0 Å². The Morgan fingerprint density at radius 3 is 2.48 bits per heavy atom. The summed E-state index contributed by atoms with van der Waals surface area (Å²) >= 11 is 0. The summed E-state index contributed by atoms with van der Waals surface area (Å²) in [4.78, 5) is 2.58. The zero-order chi connectivity index (χ0) is 15.5. The van der Waals surface area contributed by atoms with Crippen LogP contribution in [0, 0.1) is 5.92 Å². The molecule has 0 radical (unpaired) electrons. The monoisotopic (exact) mass is 290 g/mol. The van der Waals surface area contributed by atoms with Gasteiger partial charge >= 0.3 is 0 Å². The number of methoxy groups -OCH3 is 1. The van der Waals surface area contributed by atoms with Crippen molar-refractivity contribution in [2.75, 3.05) is 20.2 Å². The molecule has 1 aliphatic rings. The predicted molar refractivity (Wildman–Crippen MR) is 88.6 cm³/mol. The highest BCUT2D eigenvalue weighted by atomic mass is 16.5. The van der Waals surface area contributed by atoms with Crippen LogP contribution in [0.3, 0.4) is 0 Å². The maximum atomic E-state index is 7.02. The summed E-state index contributed by atoms with van der Waals surface area (Å²) < 4.78 is 5.40. The average Bonchev–Trinajstić information content (AvgIpc) is 3.01. The zero-order valence-corrected chi connectivity index (χ0v) is 13.9. The fourth-order valence-electron chi connectivity index (χ4n) is 3.75. The van der Waals surface area contributed by atoms with E-state index in [0.29, 0.717) is 12.0 Å². The molecule has 2 unspecified atom stereocenters. The van der Waals surface area contributed by atoms with E-state index >= 15 is 0 Å². The molecule has 1 aliphatic heterocycles. The standard InChI is InChI=1S/C18H30N2O/c1-5-17(20-11-6-7-12-20)18(19,14(2)3)15-9-8-10-16(13-15)21-4/h8-10,13-14,17H,5-7,11-12,19H2,1-4H3. The summed E-state index contributed by atoms with van der Waals surface area (Å²) in [6, 6.07) is 8.68. The van der Waals surface area contributed by atoms with E-state index in [4.69, 9.17) is 10.5 Å². The highest BCUT2D eigenvalue weighted by molar-refractivity contribution is 5.35. The van der Waals surface area contributed by atoms with E-state index in [0.717, 1.165) is 12.2 Å². The van der Waals surface area contributed by atoms with Crippen LogP contribution in [-0.2, 0) is 5.54 Å². The quantitative estimate of drug-likeness (QED) is 0.873. The molecule has 0 amide bonds. The topological polar surface area (TPSA) is 38.5 Å². The Morgan fingerprint density at radius 1 is 1.29 bits per heavy atom. The number of rotatable bonds is 6. The lowest BCUT2D eigenvalue weighted by atomic mass is 9.73. The van der Waals surface area contributed by atoms with Gasteiger partial charge in [-0.15, -0.1) is 0 Å². The molecule has 3 nitrogen and oxygen atoms in total. The number of benzene rings is 1. The summed E-state index contributed by atoms with van der Waals surface area (Å²) in [6.07, 6.45) is 3.66. The Bertz CT molecular complexity index is 454. The summed E-state index contributed by atoms with van der Waals surface area (Å²) in [5.41, 5.74) is 7.87. The van der Waals surface area contributed by atoms with Crippen molar-refractivity contribution < 1.29 is 4.74 Å². The lowest BCUT2D eigenvalue weighted by Crippen LogP contribution is -2.58. The Kier molecular flexibility index (Phi) is 5.28. The van der Waals surface area contributed by atoms with Crippen molar-refractivity contribution >= 4 is 0 Å². The molecular weight excluding hydrogens is 260 g/mol. The molecule has 3 heteroatoms. The minimum atomic E-state index is -0.340. The van der Waals surface area contributed by atoms with Crippen LogP contribution in [0.25, 0.3) is 0 Å². The van der Waals surface area contributed by atoms with Crippen LogP contribution in [0.2, 0.25) is 0 Å². The van der Waals surface area contributed by atoms with Crippen LogP contribution < -0.4 is 10.5 Å². The highest BCUT2D eigenvalue weighted by Gasteiger charge is 2.42. The molecular formula is C18H30N2O. The predicted octanol–water partition coefficient (Wildman–Crippen LogP) is 3.38. The number of nitrogens with zero attached hydrogens (tertiary/aromatic N) is 1. The molecule has 1 heterocycles. The summed E-state index contributed by atoms with van der Waals surface area (Å²) in [6.45, 7) is 9.08. The lowest BCUT2D eigenvalue weighted by Gasteiger charge is -2.45. The Morgan fingerprint density at radius 2 is 1.95 bits per heavy atom. The summed E-state index contributed by atoms with van der Waals surface area (Å²) in [7, 11) is 1.71. The third-order valence-corrected chi connectivity index (χ3v) is 5.04. The van der Waals surface area contributed by atoms with E-state index in [1.807, 2.05) is 6.07 Å². The summed E-state index contributed by atoms with van der Waals surface area (Å²) in [5, 5.41) is 0. The first-order valence-electron chi connectivity index (χ1n) is 8.21. The van der Waals surface area contributed by atoms with Crippen molar-refractivity contribution in [1.82, 2.24) is 4.90 Å². The second kappa shape index (κ2) is 6.80. The van der Waals surface area contributed by atoms with Crippen LogP contribution in [0.4, 0.5) is 0 Å². The molecule has 1 aromatic carbocycles. The maximum absolute atomic E-state index is 7.02. The zero-order valence-electron chi connectivity index (χ0n) is 13.9. The van der Waals surface area contributed by atoms with Gasteiger partial charge in [-0.2, -0.15) is 0 Å². The Labute approximate surface area is 129 Å². The third kappa shape index (κ3) is 3.09. The molecule has 2 atom stereocenters. The molecule has 0 spiro atoms. The van der Waals surface area contributed by atoms with Crippen molar-refractivity contribution in [2.45, 2.75) is 51.6 Å². The first-order valence-corrected chi connectivity index (χ1v) is 8.21. The van der Waals surface area contributed by atoms with E-state index in [1.54, 1.807) is 7.11 Å². The smallest absolute Gasteiger partial charge is 0.119 e. The van der Waals surface area contributed by atoms with Gasteiger partial charge in [-0.1, -0.05) is 32.9 Å². The first kappa shape index (κ1) is 16.3. The number of likely N-dealkylation sites (tertiary alicyclic amines) is 1. The SMILES string of the molecule is CCC(N1CCCC1)C(N)(c1cccc(OC)c1)C(C)C. The van der Waals surface area contributed by atoms with Crippen molar-refractivity contribution in [2.24, 2.45) is 11.7 Å².